The minimum atomic E-state index is -0.921. The number of hydrogen-bond acceptors (Lipinski definition) is 4. The van der Waals surface area contributed by atoms with Crippen LogP contribution in [-0.4, -0.2) is 22.4 Å². The van der Waals surface area contributed by atoms with Gasteiger partial charge in [-0.25, -0.2) is 18.3 Å². The number of ether oxygens (including phenoxy) is 1. The van der Waals surface area contributed by atoms with Crippen LogP contribution in [0.4, 0.5) is 8.78 Å². The van der Waals surface area contributed by atoms with Gasteiger partial charge >= 0.3 is 5.97 Å². The number of carbonyl (C=O) groups is 1. The van der Waals surface area contributed by atoms with Crippen molar-refractivity contribution in [3.05, 3.63) is 56.4 Å². The fourth-order valence-corrected chi connectivity index (χ4v) is 1.89. The molecule has 8 heteroatoms. The summed E-state index contributed by atoms with van der Waals surface area (Å²) in [6.07, 6.45) is 1.14. The Hall–Kier alpha value is -2.09. The number of nitrogens with zero attached hydrogens (tertiary/aromatic N) is 2. The van der Waals surface area contributed by atoms with Crippen LogP contribution >= 0.6 is 15.9 Å². The predicted octanol–water partition coefficient (Wildman–Crippen LogP) is 2.45. The second kappa shape index (κ2) is 6.13. The lowest BCUT2D eigenvalue weighted by Crippen LogP contribution is -2.22. The zero-order chi connectivity index (χ0) is 15.6. The van der Waals surface area contributed by atoms with Crippen LogP contribution in [0.15, 0.2) is 33.7 Å². The van der Waals surface area contributed by atoms with Crippen LogP contribution in [0.25, 0.3) is 5.69 Å². The van der Waals surface area contributed by atoms with Crippen molar-refractivity contribution in [1.29, 1.82) is 0 Å². The Labute approximate surface area is 126 Å². The Morgan fingerprint density at radius 3 is 2.76 bits per heavy atom. The molecule has 21 heavy (non-hydrogen) atoms. The molecule has 2 rings (SSSR count). The predicted molar refractivity (Wildman–Crippen MR) is 73.4 cm³/mol. The maximum Gasteiger partial charge on any atom is 0.362 e. The molecule has 1 heterocycles. The SMILES string of the molecule is CCOC(=O)c1nn(-c2cc(F)c(Br)cc2F)ccc1=O. The molecule has 0 atom stereocenters. The molecule has 0 saturated carbocycles. The molecule has 0 aliphatic heterocycles. The van der Waals surface area contributed by atoms with Crippen molar-refractivity contribution in [2.24, 2.45) is 0 Å². The number of aromatic nitrogens is 2. The van der Waals surface area contributed by atoms with Crippen LogP contribution in [0.3, 0.4) is 0 Å². The van der Waals surface area contributed by atoms with Gasteiger partial charge in [-0.1, -0.05) is 0 Å². The van der Waals surface area contributed by atoms with Gasteiger partial charge in [0.1, 0.15) is 17.3 Å². The Kier molecular flexibility index (Phi) is 4.46. The minimum Gasteiger partial charge on any atom is -0.461 e. The Morgan fingerprint density at radius 1 is 1.38 bits per heavy atom. The van der Waals surface area contributed by atoms with Gasteiger partial charge in [0.05, 0.1) is 11.1 Å². The van der Waals surface area contributed by atoms with Gasteiger partial charge < -0.3 is 4.74 Å². The first-order valence-electron chi connectivity index (χ1n) is 5.86. The van der Waals surface area contributed by atoms with Crippen LogP contribution < -0.4 is 5.43 Å². The summed E-state index contributed by atoms with van der Waals surface area (Å²) in [4.78, 5) is 23.2. The summed E-state index contributed by atoms with van der Waals surface area (Å²) in [6.45, 7) is 1.64. The zero-order valence-electron chi connectivity index (χ0n) is 10.8. The van der Waals surface area contributed by atoms with Gasteiger partial charge in [0.15, 0.2) is 0 Å². The second-order valence-electron chi connectivity index (χ2n) is 3.91. The summed E-state index contributed by atoms with van der Waals surface area (Å²) in [6, 6.07) is 2.85. The lowest BCUT2D eigenvalue weighted by atomic mass is 10.3. The first-order chi connectivity index (χ1) is 9.93. The summed E-state index contributed by atoms with van der Waals surface area (Å²) in [5.74, 6) is -2.39. The third kappa shape index (κ3) is 3.15. The molecule has 2 aromatic rings. The van der Waals surface area contributed by atoms with Crippen molar-refractivity contribution in [2.75, 3.05) is 6.61 Å². The molecule has 5 nitrogen and oxygen atoms in total. The van der Waals surface area contributed by atoms with Gasteiger partial charge in [-0.15, -0.1) is 0 Å². The van der Waals surface area contributed by atoms with E-state index in [9.17, 15) is 18.4 Å². The Morgan fingerprint density at radius 2 is 2.10 bits per heavy atom. The summed E-state index contributed by atoms with van der Waals surface area (Å²) in [5, 5.41) is 3.70. The topological polar surface area (TPSA) is 61.2 Å². The zero-order valence-corrected chi connectivity index (χ0v) is 12.4. The smallest absolute Gasteiger partial charge is 0.362 e. The molecule has 0 fully saturated rings. The lowest BCUT2D eigenvalue weighted by Gasteiger charge is -2.09. The fraction of sp³-hybridized carbons (Fsp3) is 0.154. The number of carbonyl (C=O) groups excluding carboxylic acids is 1. The number of rotatable bonds is 3. The molecule has 0 spiro atoms. The number of benzene rings is 1. The highest BCUT2D eigenvalue weighted by atomic mass is 79.9. The van der Waals surface area contributed by atoms with Gasteiger partial charge in [0, 0.05) is 18.3 Å². The largest absolute Gasteiger partial charge is 0.461 e. The average molecular weight is 359 g/mol. The number of hydrogen-bond donors (Lipinski definition) is 0. The molecular weight excluding hydrogens is 350 g/mol. The summed E-state index contributed by atoms with van der Waals surface area (Å²) in [5.41, 5.74) is -1.40. The Balaban J connectivity index is 2.56. The highest BCUT2D eigenvalue weighted by Gasteiger charge is 2.16. The van der Waals surface area contributed by atoms with E-state index in [0.717, 1.165) is 29.1 Å². The molecule has 0 radical (unpaired) electrons. The van der Waals surface area contributed by atoms with E-state index in [1.807, 2.05) is 0 Å². The van der Waals surface area contributed by atoms with Gasteiger partial charge in [0.2, 0.25) is 11.1 Å². The third-order valence-corrected chi connectivity index (χ3v) is 3.12. The molecule has 1 aromatic heterocycles. The monoisotopic (exact) mass is 358 g/mol. The van der Waals surface area contributed by atoms with Crippen LogP contribution in [-0.2, 0) is 4.74 Å². The van der Waals surface area contributed by atoms with E-state index in [1.54, 1.807) is 6.92 Å². The maximum atomic E-state index is 13.8. The number of halogens is 3. The van der Waals surface area contributed by atoms with Crippen LogP contribution in [0, 0.1) is 11.6 Å². The van der Waals surface area contributed by atoms with Gasteiger partial charge in [0.25, 0.3) is 0 Å². The van der Waals surface area contributed by atoms with E-state index in [1.165, 1.54) is 0 Å². The van der Waals surface area contributed by atoms with Crippen molar-refractivity contribution < 1.29 is 18.3 Å². The van der Waals surface area contributed by atoms with E-state index < -0.39 is 28.7 Å². The summed E-state index contributed by atoms with van der Waals surface area (Å²) >= 11 is 2.85. The second-order valence-corrected chi connectivity index (χ2v) is 4.77. The van der Waals surface area contributed by atoms with Crippen LogP contribution in [0.2, 0.25) is 0 Å². The van der Waals surface area contributed by atoms with Gasteiger partial charge in [-0.3, -0.25) is 4.79 Å². The molecule has 0 aliphatic carbocycles. The van der Waals surface area contributed by atoms with Crippen LogP contribution in [0.5, 0.6) is 0 Å². The van der Waals surface area contributed by atoms with Crippen molar-refractivity contribution >= 4 is 21.9 Å². The van der Waals surface area contributed by atoms with E-state index in [-0.39, 0.29) is 16.8 Å². The highest BCUT2D eigenvalue weighted by Crippen LogP contribution is 2.21. The molecule has 1 aromatic carbocycles. The van der Waals surface area contributed by atoms with Crippen LogP contribution in [0.1, 0.15) is 17.4 Å². The van der Waals surface area contributed by atoms with E-state index in [0.29, 0.717) is 0 Å². The minimum absolute atomic E-state index is 0.0459. The summed E-state index contributed by atoms with van der Waals surface area (Å²) in [7, 11) is 0. The molecule has 0 saturated heterocycles. The normalized spacial score (nSPS) is 10.5. The third-order valence-electron chi connectivity index (χ3n) is 2.51. The quantitative estimate of drug-likeness (QED) is 0.624. The first kappa shape index (κ1) is 15.3. The molecule has 0 N–H and O–H groups in total. The number of esters is 1. The molecule has 0 bridgehead atoms. The molecule has 0 amide bonds. The van der Waals surface area contributed by atoms with E-state index in [2.05, 4.69) is 25.8 Å². The van der Waals surface area contributed by atoms with E-state index >= 15 is 0 Å². The molecule has 0 unspecified atom stereocenters. The average Bonchev–Trinajstić information content (AvgIpc) is 2.44. The summed E-state index contributed by atoms with van der Waals surface area (Å²) < 4.78 is 32.9. The lowest BCUT2D eigenvalue weighted by molar-refractivity contribution is 0.0515. The van der Waals surface area contributed by atoms with E-state index in [4.69, 9.17) is 0 Å². The van der Waals surface area contributed by atoms with Gasteiger partial charge in [-0.05, 0) is 28.9 Å². The molecule has 110 valence electrons. The first-order valence-corrected chi connectivity index (χ1v) is 6.65. The molecule has 0 aliphatic rings. The maximum absolute atomic E-state index is 13.8. The van der Waals surface area contributed by atoms with Crippen molar-refractivity contribution in [1.82, 2.24) is 9.78 Å². The van der Waals surface area contributed by atoms with Crippen molar-refractivity contribution in [3.63, 3.8) is 0 Å². The van der Waals surface area contributed by atoms with Crippen molar-refractivity contribution in [3.8, 4) is 5.69 Å². The van der Waals surface area contributed by atoms with Crippen molar-refractivity contribution in [2.45, 2.75) is 6.92 Å². The Bertz CT molecular complexity index is 762. The van der Waals surface area contributed by atoms with Gasteiger partial charge in [-0.2, -0.15) is 5.10 Å². The highest BCUT2D eigenvalue weighted by molar-refractivity contribution is 9.10. The molecular formula is C13H9BrF2N2O3. The fourth-order valence-electron chi connectivity index (χ4n) is 1.57. The standard InChI is InChI=1S/C13H9BrF2N2O3/c1-2-21-13(20)12-11(19)3-4-18(17-12)10-6-8(15)7(14)5-9(10)16/h3-6H,2H2,1H3.